The van der Waals surface area contributed by atoms with E-state index in [4.69, 9.17) is 26.2 Å². The number of carbonyl (C=O) groups is 1. The van der Waals surface area contributed by atoms with E-state index in [2.05, 4.69) is 0 Å². The lowest BCUT2D eigenvalue weighted by Crippen LogP contribution is -2.29. The van der Waals surface area contributed by atoms with E-state index in [1.165, 1.54) is 7.11 Å². The third-order valence-electron chi connectivity index (χ3n) is 3.11. The van der Waals surface area contributed by atoms with E-state index >= 15 is 0 Å². The van der Waals surface area contributed by atoms with E-state index in [1.807, 2.05) is 0 Å². The molecule has 1 heterocycles. The molecule has 0 aliphatic carbocycles. The predicted octanol–water partition coefficient (Wildman–Crippen LogP) is 1.45. The summed E-state index contributed by atoms with van der Waals surface area (Å²) in [5.41, 5.74) is 0.629. The molecular formula is C13H16ClNO4. The summed E-state index contributed by atoms with van der Waals surface area (Å²) >= 11 is 6.11. The maximum atomic E-state index is 11.8. The van der Waals surface area contributed by atoms with Crippen molar-refractivity contribution in [2.45, 2.75) is 19.1 Å². The van der Waals surface area contributed by atoms with Crippen molar-refractivity contribution in [3.8, 4) is 11.5 Å². The summed E-state index contributed by atoms with van der Waals surface area (Å²) in [7, 11) is 3.22. The molecule has 5 nitrogen and oxygen atoms in total. The number of halogens is 1. The van der Waals surface area contributed by atoms with Crippen molar-refractivity contribution in [3.05, 3.63) is 22.7 Å². The Labute approximate surface area is 116 Å². The smallest absolute Gasteiger partial charge is 0.263 e. The first-order valence-corrected chi connectivity index (χ1v) is 6.33. The van der Waals surface area contributed by atoms with Crippen molar-refractivity contribution < 1.29 is 19.4 Å². The normalized spacial score (nSPS) is 18.8. The van der Waals surface area contributed by atoms with Gasteiger partial charge in [-0.25, -0.2) is 0 Å². The molecule has 1 aromatic carbocycles. The van der Waals surface area contributed by atoms with Crippen LogP contribution in [0.3, 0.4) is 0 Å². The maximum Gasteiger partial charge on any atom is 0.263 e. The molecule has 2 rings (SSSR count). The van der Waals surface area contributed by atoms with Gasteiger partial charge in [-0.3, -0.25) is 4.79 Å². The molecule has 1 atom stereocenters. The average Bonchev–Trinajstić information content (AvgIpc) is 2.72. The number of carbonyl (C=O) groups excluding carboxylic acids is 1. The number of hydrogen-bond donors (Lipinski definition) is 1. The van der Waals surface area contributed by atoms with Gasteiger partial charge in [0.05, 0.1) is 18.7 Å². The fraction of sp³-hybridized carbons (Fsp3) is 0.462. The number of ether oxygens (including phenoxy) is 2. The molecule has 0 radical (unpaired) electrons. The van der Waals surface area contributed by atoms with Gasteiger partial charge in [0.15, 0.2) is 17.6 Å². The number of aliphatic hydroxyl groups excluding tert-OH is 1. The first-order valence-electron chi connectivity index (χ1n) is 5.95. The molecular weight excluding hydrogens is 270 g/mol. The Morgan fingerprint density at radius 3 is 2.79 bits per heavy atom. The van der Waals surface area contributed by atoms with E-state index in [1.54, 1.807) is 24.1 Å². The molecule has 1 aliphatic rings. The van der Waals surface area contributed by atoms with Crippen molar-refractivity contribution in [1.82, 2.24) is 4.90 Å². The molecule has 1 amide bonds. The molecule has 6 heteroatoms. The number of likely N-dealkylation sites (tertiary alicyclic amines) is 1. The number of amides is 1. The highest BCUT2D eigenvalue weighted by atomic mass is 35.5. The molecule has 0 spiro atoms. The SMILES string of the molecule is COc1cc(CO)cc(Cl)c1OC1CCN(C)C1=O. The largest absolute Gasteiger partial charge is 0.493 e. The van der Waals surface area contributed by atoms with Gasteiger partial charge < -0.3 is 19.5 Å². The maximum absolute atomic E-state index is 11.8. The van der Waals surface area contributed by atoms with Crippen molar-refractivity contribution in [3.63, 3.8) is 0 Å². The number of benzene rings is 1. The third kappa shape index (κ3) is 2.77. The highest BCUT2D eigenvalue weighted by Gasteiger charge is 2.32. The van der Waals surface area contributed by atoms with Crippen LogP contribution < -0.4 is 9.47 Å². The van der Waals surface area contributed by atoms with Gasteiger partial charge in [0, 0.05) is 20.0 Å². The topological polar surface area (TPSA) is 59.0 Å². The number of hydrogen-bond acceptors (Lipinski definition) is 4. The van der Waals surface area contributed by atoms with Gasteiger partial charge in [-0.15, -0.1) is 0 Å². The quantitative estimate of drug-likeness (QED) is 0.910. The third-order valence-corrected chi connectivity index (χ3v) is 3.39. The molecule has 19 heavy (non-hydrogen) atoms. The zero-order valence-electron chi connectivity index (χ0n) is 10.9. The Hall–Kier alpha value is -1.46. The van der Waals surface area contributed by atoms with Gasteiger partial charge in [-0.2, -0.15) is 0 Å². The summed E-state index contributed by atoms with van der Waals surface area (Å²) in [6.45, 7) is 0.527. The Morgan fingerprint density at radius 2 is 2.26 bits per heavy atom. The van der Waals surface area contributed by atoms with Crippen LogP contribution in [0.2, 0.25) is 5.02 Å². The first kappa shape index (κ1) is 14.0. The zero-order valence-corrected chi connectivity index (χ0v) is 11.6. The van der Waals surface area contributed by atoms with Gasteiger partial charge in [0.2, 0.25) is 0 Å². The predicted molar refractivity (Wildman–Crippen MR) is 70.6 cm³/mol. The minimum absolute atomic E-state index is 0.0654. The van der Waals surface area contributed by atoms with Crippen LogP contribution in [-0.2, 0) is 11.4 Å². The molecule has 0 bridgehead atoms. The number of methoxy groups -OCH3 is 1. The zero-order chi connectivity index (χ0) is 14.0. The lowest BCUT2D eigenvalue weighted by molar-refractivity contribution is -0.132. The van der Waals surface area contributed by atoms with Crippen molar-refractivity contribution >= 4 is 17.5 Å². The number of likely N-dealkylation sites (N-methyl/N-ethyl adjacent to an activating group) is 1. The van der Waals surface area contributed by atoms with E-state index < -0.39 is 6.10 Å². The van der Waals surface area contributed by atoms with Gasteiger partial charge in [0.25, 0.3) is 5.91 Å². The highest BCUT2D eigenvalue weighted by molar-refractivity contribution is 6.32. The van der Waals surface area contributed by atoms with Crippen LogP contribution in [0.25, 0.3) is 0 Å². The van der Waals surface area contributed by atoms with Gasteiger partial charge in [-0.05, 0) is 17.7 Å². The number of aliphatic hydroxyl groups is 1. The number of rotatable bonds is 4. The average molecular weight is 286 g/mol. The Kier molecular flexibility index (Phi) is 4.17. The van der Waals surface area contributed by atoms with Crippen LogP contribution in [-0.4, -0.2) is 42.7 Å². The second-order valence-electron chi connectivity index (χ2n) is 4.42. The van der Waals surface area contributed by atoms with Gasteiger partial charge in [0.1, 0.15) is 0 Å². The summed E-state index contributed by atoms with van der Waals surface area (Å²) in [6, 6.07) is 3.24. The van der Waals surface area contributed by atoms with Crippen molar-refractivity contribution in [2.75, 3.05) is 20.7 Å². The van der Waals surface area contributed by atoms with Crippen LogP contribution in [0.4, 0.5) is 0 Å². The van der Waals surface area contributed by atoms with E-state index in [9.17, 15) is 4.79 Å². The van der Waals surface area contributed by atoms with Crippen LogP contribution in [0, 0.1) is 0 Å². The van der Waals surface area contributed by atoms with Crippen molar-refractivity contribution in [1.29, 1.82) is 0 Å². The van der Waals surface area contributed by atoms with E-state index in [0.29, 0.717) is 35.1 Å². The molecule has 1 unspecified atom stereocenters. The second-order valence-corrected chi connectivity index (χ2v) is 4.83. The standard InChI is InChI=1S/C13H16ClNO4/c1-15-4-3-10(13(15)17)19-12-9(14)5-8(7-16)6-11(12)18-2/h5-6,10,16H,3-4,7H2,1-2H3. The summed E-state index contributed by atoms with van der Waals surface area (Å²) < 4.78 is 10.9. The Balaban J connectivity index is 2.27. The molecule has 1 fully saturated rings. The van der Waals surface area contributed by atoms with Crippen LogP contribution in [0.1, 0.15) is 12.0 Å². The molecule has 1 saturated heterocycles. The van der Waals surface area contributed by atoms with E-state index in [0.717, 1.165) is 0 Å². The van der Waals surface area contributed by atoms with Crippen LogP contribution in [0.15, 0.2) is 12.1 Å². The minimum Gasteiger partial charge on any atom is -0.493 e. The molecule has 1 aromatic rings. The van der Waals surface area contributed by atoms with E-state index in [-0.39, 0.29) is 12.5 Å². The fourth-order valence-electron chi connectivity index (χ4n) is 2.02. The molecule has 1 N–H and O–H groups in total. The van der Waals surface area contributed by atoms with Crippen LogP contribution in [0.5, 0.6) is 11.5 Å². The minimum atomic E-state index is -0.531. The Bertz CT molecular complexity index is 492. The lowest BCUT2D eigenvalue weighted by Gasteiger charge is -2.17. The summed E-state index contributed by atoms with van der Waals surface area (Å²) in [6.07, 6.45) is 0.0905. The lowest BCUT2D eigenvalue weighted by atomic mass is 10.2. The van der Waals surface area contributed by atoms with Gasteiger partial charge >= 0.3 is 0 Å². The molecule has 104 valence electrons. The first-order chi connectivity index (χ1) is 9.06. The number of nitrogens with zero attached hydrogens (tertiary/aromatic N) is 1. The molecule has 0 saturated carbocycles. The Morgan fingerprint density at radius 1 is 1.53 bits per heavy atom. The van der Waals surface area contributed by atoms with Gasteiger partial charge in [-0.1, -0.05) is 11.6 Å². The van der Waals surface area contributed by atoms with Crippen molar-refractivity contribution in [2.24, 2.45) is 0 Å². The highest BCUT2D eigenvalue weighted by Crippen LogP contribution is 2.38. The second kappa shape index (κ2) is 5.67. The molecule has 0 aromatic heterocycles. The summed E-state index contributed by atoms with van der Waals surface area (Å²) in [4.78, 5) is 13.4. The van der Waals surface area contributed by atoms with Crippen LogP contribution >= 0.6 is 11.6 Å². The fourth-order valence-corrected chi connectivity index (χ4v) is 2.30. The molecule has 1 aliphatic heterocycles. The monoisotopic (exact) mass is 285 g/mol. The summed E-state index contributed by atoms with van der Waals surface area (Å²) in [5.74, 6) is 0.693. The summed E-state index contributed by atoms with van der Waals surface area (Å²) in [5, 5.41) is 9.44.